The molecule has 3 heteroatoms. The van der Waals surface area contributed by atoms with E-state index in [-0.39, 0.29) is 5.41 Å². The van der Waals surface area contributed by atoms with Gasteiger partial charge in [-0.25, -0.2) is 4.98 Å². The molecule has 0 aliphatic rings. The first kappa shape index (κ1) is 14.8. The molecule has 3 nitrogen and oxygen atoms in total. The Kier molecular flexibility index (Phi) is 3.75. The van der Waals surface area contributed by atoms with Crippen LogP contribution in [0.5, 0.6) is 0 Å². The molecular formula is C19H22N2O. The number of hydrogen-bond acceptors (Lipinski definition) is 2. The van der Waals surface area contributed by atoms with E-state index < -0.39 is 6.10 Å². The van der Waals surface area contributed by atoms with Gasteiger partial charge in [0.1, 0.15) is 0 Å². The zero-order valence-electron chi connectivity index (χ0n) is 13.3. The monoisotopic (exact) mass is 294 g/mol. The molecule has 3 aromatic rings. The lowest BCUT2D eigenvalue weighted by atomic mass is 9.85. The van der Waals surface area contributed by atoms with E-state index in [1.807, 2.05) is 16.8 Å². The van der Waals surface area contributed by atoms with Crippen LogP contribution in [0.25, 0.3) is 10.8 Å². The molecule has 0 spiro atoms. The molecular weight excluding hydrogens is 272 g/mol. The number of hydrogen-bond donors (Lipinski definition) is 1. The number of rotatable bonds is 3. The van der Waals surface area contributed by atoms with Crippen molar-refractivity contribution in [2.75, 3.05) is 0 Å². The van der Waals surface area contributed by atoms with E-state index in [0.29, 0.717) is 6.54 Å². The minimum absolute atomic E-state index is 0.147. The van der Waals surface area contributed by atoms with Crippen LogP contribution in [0, 0.1) is 0 Å². The zero-order chi connectivity index (χ0) is 15.7. The molecule has 114 valence electrons. The third-order valence-electron chi connectivity index (χ3n) is 4.06. The fraction of sp³-hybridized carbons (Fsp3) is 0.316. The molecule has 0 radical (unpaired) electrons. The van der Waals surface area contributed by atoms with Crippen LogP contribution in [0.15, 0.2) is 55.1 Å². The van der Waals surface area contributed by atoms with Gasteiger partial charge in [-0.1, -0.05) is 51.1 Å². The third kappa shape index (κ3) is 3.04. The first-order valence-electron chi connectivity index (χ1n) is 7.61. The summed E-state index contributed by atoms with van der Waals surface area (Å²) in [6.45, 7) is 7.18. The molecule has 1 N–H and O–H groups in total. The van der Waals surface area contributed by atoms with Crippen molar-refractivity contribution in [3.05, 3.63) is 66.2 Å². The van der Waals surface area contributed by atoms with Gasteiger partial charge in [0.2, 0.25) is 0 Å². The Hall–Kier alpha value is -2.13. The summed E-state index contributed by atoms with van der Waals surface area (Å²) in [5.74, 6) is 0. The molecule has 0 aliphatic heterocycles. The normalized spacial score (nSPS) is 13.5. The Morgan fingerprint density at radius 2 is 1.82 bits per heavy atom. The maximum Gasteiger partial charge on any atom is 0.0969 e. The van der Waals surface area contributed by atoms with Crippen molar-refractivity contribution in [1.29, 1.82) is 0 Å². The lowest BCUT2D eigenvalue weighted by Gasteiger charge is -2.20. The number of aliphatic hydroxyl groups is 1. The standard InChI is InChI=1S/C19H22N2O/c1-19(2,3)17-7-6-14-10-16(5-4-15(14)11-17)18(22)12-21-9-8-20-13-21/h4-11,13,18,22H,12H2,1-3H3. The van der Waals surface area contributed by atoms with Gasteiger partial charge < -0.3 is 9.67 Å². The third-order valence-corrected chi connectivity index (χ3v) is 4.06. The van der Waals surface area contributed by atoms with Gasteiger partial charge in [0.05, 0.1) is 19.0 Å². The highest BCUT2D eigenvalue weighted by atomic mass is 16.3. The highest BCUT2D eigenvalue weighted by Gasteiger charge is 2.14. The van der Waals surface area contributed by atoms with Crippen molar-refractivity contribution in [1.82, 2.24) is 9.55 Å². The SMILES string of the molecule is CC(C)(C)c1ccc2cc(C(O)Cn3ccnc3)ccc2c1. The predicted molar refractivity (Wildman–Crippen MR) is 89.8 cm³/mol. The topological polar surface area (TPSA) is 38.0 Å². The molecule has 1 unspecified atom stereocenters. The van der Waals surface area contributed by atoms with E-state index in [0.717, 1.165) is 10.9 Å². The molecule has 0 saturated carbocycles. The van der Waals surface area contributed by atoms with E-state index in [1.54, 1.807) is 12.5 Å². The van der Waals surface area contributed by atoms with Crippen molar-refractivity contribution in [3.8, 4) is 0 Å². The first-order valence-corrected chi connectivity index (χ1v) is 7.61. The number of aliphatic hydroxyl groups excluding tert-OH is 1. The van der Waals surface area contributed by atoms with E-state index >= 15 is 0 Å². The van der Waals surface area contributed by atoms with Crippen LogP contribution >= 0.6 is 0 Å². The smallest absolute Gasteiger partial charge is 0.0969 e. The Morgan fingerprint density at radius 3 is 2.50 bits per heavy atom. The van der Waals surface area contributed by atoms with Gasteiger partial charge in [-0.2, -0.15) is 0 Å². The van der Waals surface area contributed by atoms with Crippen LogP contribution in [0.1, 0.15) is 38.0 Å². The van der Waals surface area contributed by atoms with E-state index in [2.05, 4.69) is 56.1 Å². The summed E-state index contributed by atoms with van der Waals surface area (Å²) in [5.41, 5.74) is 2.41. The summed E-state index contributed by atoms with van der Waals surface area (Å²) in [6, 6.07) is 12.7. The van der Waals surface area contributed by atoms with Gasteiger partial charge in [0.15, 0.2) is 0 Å². The summed E-state index contributed by atoms with van der Waals surface area (Å²) in [4.78, 5) is 4.00. The highest BCUT2D eigenvalue weighted by Crippen LogP contribution is 2.28. The Bertz CT molecular complexity index is 770. The second-order valence-electron chi connectivity index (χ2n) is 6.85. The van der Waals surface area contributed by atoms with Crippen molar-refractivity contribution in [2.45, 2.75) is 38.8 Å². The molecule has 1 atom stereocenters. The molecule has 0 saturated heterocycles. The summed E-state index contributed by atoms with van der Waals surface area (Å²) < 4.78 is 1.89. The van der Waals surface area contributed by atoms with Crippen LogP contribution in [0.2, 0.25) is 0 Å². The van der Waals surface area contributed by atoms with Crippen LogP contribution in [0.3, 0.4) is 0 Å². The maximum absolute atomic E-state index is 10.4. The number of benzene rings is 2. The quantitative estimate of drug-likeness (QED) is 0.791. The fourth-order valence-electron chi connectivity index (χ4n) is 2.64. The summed E-state index contributed by atoms with van der Waals surface area (Å²) in [5, 5.41) is 12.8. The summed E-state index contributed by atoms with van der Waals surface area (Å²) in [6.07, 6.45) is 4.78. The lowest BCUT2D eigenvalue weighted by Crippen LogP contribution is -2.10. The summed E-state index contributed by atoms with van der Waals surface area (Å²) >= 11 is 0. The average Bonchev–Trinajstić information content (AvgIpc) is 2.98. The number of nitrogens with zero attached hydrogens (tertiary/aromatic N) is 2. The van der Waals surface area contributed by atoms with E-state index in [9.17, 15) is 5.11 Å². The second kappa shape index (κ2) is 5.58. The molecule has 0 fully saturated rings. The number of aromatic nitrogens is 2. The van der Waals surface area contributed by atoms with Crippen LogP contribution in [-0.2, 0) is 12.0 Å². The molecule has 3 rings (SSSR count). The summed E-state index contributed by atoms with van der Waals surface area (Å²) in [7, 11) is 0. The van der Waals surface area contributed by atoms with Crippen LogP contribution in [-0.4, -0.2) is 14.7 Å². The molecule has 0 amide bonds. The second-order valence-corrected chi connectivity index (χ2v) is 6.85. The van der Waals surface area contributed by atoms with Gasteiger partial charge >= 0.3 is 0 Å². The fourth-order valence-corrected chi connectivity index (χ4v) is 2.64. The molecule has 0 aliphatic carbocycles. The highest BCUT2D eigenvalue weighted by molar-refractivity contribution is 5.84. The first-order chi connectivity index (χ1) is 10.4. The molecule has 1 heterocycles. The Morgan fingerprint density at radius 1 is 1.09 bits per heavy atom. The molecule has 2 aromatic carbocycles. The largest absolute Gasteiger partial charge is 0.387 e. The van der Waals surface area contributed by atoms with Crippen molar-refractivity contribution in [3.63, 3.8) is 0 Å². The van der Waals surface area contributed by atoms with E-state index in [1.165, 1.54) is 10.9 Å². The van der Waals surface area contributed by atoms with E-state index in [4.69, 9.17) is 0 Å². The van der Waals surface area contributed by atoms with Crippen molar-refractivity contribution in [2.24, 2.45) is 0 Å². The molecule has 22 heavy (non-hydrogen) atoms. The Balaban J connectivity index is 1.90. The van der Waals surface area contributed by atoms with Crippen LogP contribution < -0.4 is 0 Å². The van der Waals surface area contributed by atoms with Gasteiger partial charge in [-0.3, -0.25) is 0 Å². The number of imidazole rings is 1. The van der Waals surface area contributed by atoms with Gasteiger partial charge in [-0.15, -0.1) is 0 Å². The molecule has 1 aromatic heterocycles. The molecule has 0 bridgehead atoms. The van der Waals surface area contributed by atoms with Gasteiger partial charge in [0.25, 0.3) is 0 Å². The average molecular weight is 294 g/mol. The lowest BCUT2D eigenvalue weighted by molar-refractivity contribution is 0.156. The van der Waals surface area contributed by atoms with Crippen molar-refractivity contribution >= 4 is 10.8 Å². The minimum atomic E-state index is -0.527. The van der Waals surface area contributed by atoms with Crippen molar-refractivity contribution < 1.29 is 5.11 Å². The maximum atomic E-state index is 10.4. The predicted octanol–water partition coefficient (Wildman–Crippen LogP) is 4.07. The van der Waals surface area contributed by atoms with Gasteiger partial charge in [0, 0.05) is 12.4 Å². The Labute approximate surface area is 131 Å². The zero-order valence-corrected chi connectivity index (χ0v) is 13.3. The van der Waals surface area contributed by atoms with Gasteiger partial charge in [-0.05, 0) is 33.4 Å². The minimum Gasteiger partial charge on any atom is -0.387 e. The van der Waals surface area contributed by atoms with Crippen LogP contribution in [0.4, 0.5) is 0 Å². The number of fused-ring (bicyclic) bond motifs is 1.